The van der Waals surface area contributed by atoms with Gasteiger partial charge in [-0.15, -0.1) is 0 Å². The van der Waals surface area contributed by atoms with Crippen molar-refractivity contribution in [2.75, 3.05) is 11.9 Å². The Morgan fingerprint density at radius 1 is 1.00 bits per heavy atom. The molecule has 0 aliphatic rings. The molecule has 0 spiro atoms. The summed E-state index contributed by atoms with van der Waals surface area (Å²) in [6, 6.07) is 7.13. The summed E-state index contributed by atoms with van der Waals surface area (Å²) >= 11 is 3.44. The Bertz CT molecular complexity index is 396. The Kier molecular flexibility index (Phi) is 9.13. The third kappa shape index (κ3) is 6.94. The largest absolute Gasteiger partial charge is 0.493 e. The number of amides is 1. The van der Waals surface area contributed by atoms with Crippen molar-refractivity contribution >= 4 is 21.8 Å². The SMILES string of the molecule is NC(=O)c1ccccc1OCCCCCCCCCBr. The lowest BCUT2D eigenvalue weighted by atomic mass is 10.1. The summed E-state index contributed by atoms with van der Waals surface area (Å²) in [4.78, 5) is 11.2. The van der Waals surface area contributed by atoms with Crippen LogP contribution in [-0.2, 0) is 0 Å². The molecule has 1 rings (SSSR count). The Morgan fingerprint density at radius 3 is 2.25 bits per heavy atom. The Morgan fingerprint density at radius 2 is 1.60 bits per heavy atom. The number of alkyl halides is 1. The molecular formula is C16H24BrNO2. The molecule has 1 amide bonds. The maximum Gasteiger partial charge on any atom is 0.252 e. The molecule has 0 saturated heterocycles. The standard InChI is InChI=1S/C16H24BrNO2/c17-12-8-4-2-1-3-5-9-13-20-15-11-7-6-10-14(15)16(18)19/h6-7,10-11H,1-5,8-9,12-13H2,(H2,18,19). The van der Waals surface area contributed by atoms with E-state index >= 15 is 0 Å². The Hall–Kier alpha value is -1.03. The van der Waals surface area contributed by atoms with Gasteiger partial charge in [-0.2, -0.15) is 0 Å². The van der Waals surface area contributed by atoms with Crippen molar-refractivity contribution in [1.29, 1.82) is 0 Å². The second kappa shape index (κ2) is 10.7. The van der Waals surface area contributed by atoms with E-state index in [-0.39, 0.29) is 0 Å². The normalized spacial score (nSPS) is 10.4. The predicted molar refractivity (Wildman–Crippen MR) is 86.6 cm³/mol. The summed E-state index contributed by atoms with van der Waals surface area (Å²) in [5.41, 5.74) is 5.76. The van der Waals surface area contributed by atoms with Crippen molar-refractivity contribution in [2.45, 2.75) is 44.9 Å². The van der Waals surface area contributed by atoms with Crippen LogP contribution in [0.25, 0.3) is 0 Å². The van der Waals surface area contributed by atoms with Gasteiger partial charge in [-0.1, -0.05) is 60.2 Å². The highest BCUT2D eigenvalue weighted by molar-refractivity contribution is 9.09. The van der Waals surface area contributed by atoms with Crippen molar-refractivity contribution in [1.82, 2.24) is 0 Å². The van der Waals surface area contributed by atoms with Crippen molar-refractivity contribution < 1.29 is 9.53 Å². The average molecular weight is 342 g/mol. The van der Waals surface area contributed by atoms with Gasteiger partial charge in [0.05, 0.1) is 12.2 Å². The van der Waals surface area contributed by atoms with Gasteiger partial charge >= 0.3 is 0 Å². The minimum absolute atomic E-state index is 0.438. The van der Waals surface area contributed by atoms with E-state index < -0.39 is 5.91 Å². The molecule has 1 aromatic rings. The molecule has 0 radical (unpaired) electrons. The number of unbranched alkanes of at least 4 members (excludes halogenated alkanes) is 6. The number of carbonyl (C=O) groups is 1. The lowest BCUT2D eigenvalue weighted by Gasteiger charge is -2.09. The minimum Gasteiger partial charge on any atom is -0.493 e. The molecule has 0 heterocycles. The number of rotatable bonds is 11. The molecule has 0 aliphatic carbocycles. The minimum atomic E-state index is -0.438. The first-order valence-corrected chi connectivity index (χ1v) is 8.45. The lowest BCUT2D eigenvalue weighted by molar-refractivity contribution is 0.0996. The van der Waals surface area contributed by atoms with Crippen molar-refractivity contribution in [3.05, 3.63) is 29.8 Å². The molecule has 3 nitrogen and oxygen atoms in total. The van der Waals surface area contributed by atoms with Gasteiger partial charge in [0.15, 0.2) is 0 Å². The fraction of sp³-hybridized carbons (Fsp3) is 0.562. The first-order chi connectivity index (χ1) is 9.75. The molecule has 0 saturated carbocycles. The van der Waals surface area contributed by atoms with E-state index in [2.05, 4.69) is 15.9 Å². The van der Waals surface area contributed by atoms with Gasteiger partial charge in [-0.3, -0.25) is 4.79 Å². The molecule has 0 atom stereocenters. The van der Waals surface area contributed by atoms with Gasteiger partial charge in [0, 0.05) is 5.33 Å². The number of primary amides is 1. The van der Waals surface area contributed by atoms with Crippen LogP contribution in [0.1, 0.15) is 55.3 Å². The molecule has 0 fully saturated rings. The van der Waals surface area contributed by atoms with Crippen LogP contribution >= 0.6 is 15.9 Å². The van der Waals surface area contributed by atoms with E-state index in [1.807, 2.05) is 6.07 Å². The van der Waals surface area contributed by atoms with Gasteiger partial charge in [0.25, 0.3) is 5.91 Å². The molecule has 20 heavy (non-hydrogen) atoms. The van der Waals surface area contributed by atoms with Crippen molar-refractivity contribution in [2.24, 2.45) is 5.73 Å². The lowest BCUT2D eigenvalue weighted by Crippen LogP contribution is -2.13. The van der Waals surface area contributed by atoms with Crippen LogP contribution in [0, 0.1) is 0 Å². The molecule has 4 heteroatoms. The summed E-state index contributed by atoms with van der Waals surface area (Å²) in [7, 11) is 0. The van der Waals surface area contributed by atoms with Crippen molar-refractivity contribution in [3.8, 4) is 5.75 Å². The van der Waals surface area contributed by atoms with Crippen LogP contribution in [0.2, 0.25) is 0 Å². The summed E-state index contributed by atoms with van der Waals surface area (Å²) in [6.45, 7) is 0.645. The molecule has 0 bridgehead atoms. The second-order valence-corrected chi connectivity index (χ2v) is 5.67. The molecular weight excluding hydrogens is 318 g/mol. The number of carbonyl (C=O) groups excluding carboxylic acids is 1. The van der Waals surface area contributed by atoms with Crippen LogP contribution < -0.4 is 10.5 Å². The maximum absolute atomic E-state index is 11.2. The quantitative estimate of drug-likeness (QED) is 0.482. The van der Waals surface area contributed by atoms with Gasteiger partial charge in [-0.05, 0) is 25.0 Å². The topological polar surface area (TPSA) is 52.3 Å². The monoisotopic (exact) mass is 341 g/mol. The number of benzene rings is 1. The number of hydrogen-bond donors (Lipinski definition) is 1. The number of halogens is 1. The van der Waals surface area contributed by atoms with E-state index in [9.17, 15) is 4.79 Å². The highest BCUT2D eigenvalue weighted by Crippen LogP contribution is 2.17. The summed E-state index contributed by atoms with van der Waals surface area (Å²) < 4.78 is 5.64. The van der Waals surface area contributed by atoms with E-state index in [1.165, 1.54) is 38.5 Å². The van der Waals surface area contributed by atoms with E-state index in [1.54, 1.807) is 18.2 Å². The van der Waals surface area contributed by atoms with Crippen LogP contribution in [0.15, 0.2) is 24.3 Å². The van der Waals surface area contributed by atoms with Crippen LogP contribution in [0.3, 0.4) is 0 Å². The number of ether oxygens (including phenoxy) is 1. The first-order valence-electron chi connectivity index (χ1n) is 7.33. The Labute approximate surface area is 130 Å². The van der Waals surface area contributed by atoms with Gasteiger partial charge in [0.1, 0.15) is 5.75 Å². The van der Waals surface area contributed by atoms with Gasteiger partial charge < -0.3 is 10.5 Å². The highest BCUT2D eigenvalue weighted by atomic mass is 79.9. The maximum atomic E-state index is 11.2. The first kappa shape index (κ1) is 17.0. The van der Waals surface area contributed by atoms with E-state index in [4.69, 9.17) is 10.5 Å². The number of hydrogen-bond acceptors (Lipinski definition) is 2. The third-order valence-corrected chi connectivity index (χ3v) is 3.75. The Balaban J connectivity index is 2.11. The van der Waals surface area contributed by atoms with Crippen molar-refractivity contribution in [3.63, 3.8) is 0 Å². The van der Waals surface area contributed by atoms with Crippen LogP contribution in [0.5, 0.6) is 5.75 Å². The van der Waals surface area contributed by atoms with Crippen LogP contribution in [0.4, 0.5) is 0 Å². The average Bonchev–Trinajstić information content (AvgIpc) is 2.46. The highest BCUT2D eigenvalue weighted by Gasteiger charge is 2.07. The summed E-state index contributed by atoms with van der Waals surface area (Å²) in [5.74, 6) is 0.157. The molecule has 2 N–H and O–H groups in total. The third-order valence-electron chi connectivity index (χ3n) is 3.19. The zero-order valence-electron chi connectivity index (χ0n) is 11.9. The zero-order valence-corrected chi connectivity index (χ0v) is 13.5. The second-order valence-electron chi connectivity index (χ2n) is 4.87. The zero-order chi connectivity index (χ0) is 14.6. The van der Waals surface area contributed by atoms with Gasteiger partial charge in [-0.25, -0.2) is 0 Å². The molecule has 112 valence electrons. The molecule has 0 unspecified atom stereocenters. The van der Waals surface area contributed by atoms with Gasteiger partial charge in [0.2, 0.25) is 0 Å². The smallest absolute Gasteiger partial charge is 0.252 e. The molecule has 0 aliphatic heterocycles. The molecule has 0 aromatic heterocycles. The summed E-state index contributed by atoms with van der Waals surface area (Å²) in [5, 5.41) is 1.11. The molecule has 1 aromatic carbocycles. The fourth-order valence-electron chi connectivity index (χ4n) is 2.06. The van der Waals surface area contributed by atoms with E-state index in [0.29, 0.717) is 17.9 Å². The number of nitrogens with two attached hydrogens (primary N) is 1. The van der Waals surface area contributed by atoms with E-state index in [0.717, 1.165) is 11.8 Å². The predicted octanol–water partition coefficient (Wildman–Crippen LogP) is 4.29. The summed E-state index contributed by atoms with van der Waals surface area (Å²) in [6.07, 6.45) is 8.64. The fourth-order valence-corrected chi connectivity index (χ4v) is 2.46. The van der Waals surface area contributed by atoms with Crippen LogP contribution in [-0.4, -0.2) is 17.8 Å². The number of para-hydroxylation sites is 1.